The van der Waals surface area contributed by atoms with Crippen molar-refractivity contribution in [1.29, 1.82) is 5.26 Å². The maximum Gasteiger partial charge on any atom is 0.299 e. The van der Waals surface area contributed by atoms with Gasteiger partial charge in [-0.2, -0.15) is 5.26 Å². The van der Waals surface area contributed by atoms with Gasteiger partial charge in [0.25, 0.3) is 5.91 Å². The molecular weight excluding hydrogens is 134 g/mol. The molecule has 0 atom stereocenters. The predicted octanol–water partition coefficient (Wildman–Crippen LogP) is -0.217. The van der Waals surface area contributed by atoms with Crippen LogP contribution in [0.3, 0.4) is 0 Å². The molecule has 0 fully saturated rings. The number of amides is 1. The maximum absolute atomic E-state index is 10.2. The summed E-state index contributed by atoms with van der Waals surface area (Å²) in [6, 6.07) is 1.88. The highest BCUT2D eigenvalue weighted by Gasteiger charge is 1.96. The Morgan fingerprint density at radius 1 is 1.70 bits per heavy atom. The third-order valence-electron chi connectivity index (χ3n) is 0.792. The summed E-state index contributed by atoms with van der Waals surface area (Å²) >= 11 is 0. The summed E-state index contributed by atoms with van der Waals surface area (Å²) < 4.78 is 0. The number of carbonyl (C=O) groups is 1. The van der Waals surface area contributed by atoms with Crippen LogP contribution in [0, 0.1) is 16.2 Å². The van der Waals surface area contributed by atoms with E-state index in [1.54, 1.807) is 0 Å². The minimum Gasteiger partial charge on any atom is -0.307 e. The first-order valence-corrected chi connectivity index (χ1v) is 2.75. The van der Waals surface area contributed by atoms with Crippen molar-refractivity contribution < 1.29 is 4.79 Å². The van der Waals surface area contributed by atoms with Crippen molar-refractivity contribution in [3.63, 3.8) is 0 Å². The molecule has 0 aromatic heterocycles. The fraction of sp³-hybridized carbons (Fsp3) is 0.600. The van der Waals surface area contributed by atoms with Crippen LogP contribution in [-0.2, 0) is 4.79 Å². The van der Waals surface area contributed by atoms with E-state index < -0.39 is 5.91 Å². The minimum atomic E-state index is -0.738. The normalized spacial score (nSPS) is 8.30. The molecule has 0 aliphatic carbocycles. The molecule has 0 aromatic carbocycles. The average molecular weight is 141 g/mol. The maximum atomic E-state index is 10.2. The molecule has 0 aliphatic rings. The van der Waals surface area contributed by atoms with Crippen LogP contribution in [0.15, 0.2) is 5.18 Å². The van der Waals surface area contributed by atoms with E-state index in [0.29, 0.717) is 13.0 Å². The topological polar surface area (TPSA) is 82.3 Å². The monoisotopic (exact) mass is 141 g/mol. The first-order valence-electron chi connectivity index (χ1n) is 2.75. The number of hydrogen-bond donors (Lipinski definition) is 1. The quantitative estimate of drug-likeness (QED) is 0.433. The van der Waals surface area contributed by atoms with Crippen molar-refractivity contribution in [2.75, 3.05) is 13.1 Å². The first kappa shape index (κ1) is 8.72. The molecular formula is C5H7N3O2. The summed E-state index contributed by atoms with van der Waals surface area (Å²) in [4.78, 5) is 19.6. The van der Waals surface area contributed by atoms with E-state index in [9.17, 15) is 9.70 Å². The Bertz CT molecular complexity index is 161. The predicted molar refractivity (Wildman–Crippen MR) is 33.9 cm³/mol. The molecule has 5 nitrogen and oxygen atoms in total. The van der Waals surface area contributed by atoms with Gasteiger partial charge in [0, 0.05) is 18.1 Å². The summed E-state index contributed by atoms with van der Waals surface area (Å²) in [6.45, 7) is 0.336. The summed E-state index contributed by atoms with van der Waals surface area (Å²) in [7, 11) is 0. The summed E-state index contributed by atoms with van der Waals surface area (Å²) in [5, 5.41) is 12.8. The fourth-order valence-corrected chi connectivity index (χ4v) is 0.372. The number of nitroso groups, excluding NO2 is 1. The Balaban J connectivity index is 3.13. The van der Waals surface area contributed by atoms with Crippen LogP contribution in [0.5, 0.6) is 0 Å². The summed E-state index contributed by atoms with van der Waals surface area (Å²) in [6.07, 6.45) is 0.326. The lowest BCUT2D eigenvalue weighted by Gasteiger charge is -1.92. The van der Waals surface area contributed by atoms with Crippen molar-refractivity contribution in [2.24, 2.45) is 5.18 Å². The zero-order valence-electron chi connectivity index (χ0n) is 5.33. The van der Waals surface area contributed by atoms with E-state index in [-0.39, 0.29) is 6.54 Å². The van der Waals surface area contributed by atoms with Crippen LogP contribution in [0.4, 0.5) is 0 Å². The number of nitrogens with zero attached hydrogens (tertiary/aromatic N) is 2. The highest BCUT2D eigenvalue weighted by Crippen LogP contribution is 1.72. The molecule has 0 saturated carbocycles. The number of carbonyl (C=O) groups excluding carboxylic acids is 1. The van der Waals surface area contributed by atoms with Crippen molar-refractivity contribution in [2.45, 2.75) is 6.42 Å². The average Bonchev–Trinajstić information content (AvgIpc) is 1.98. The van der Waals surface area contributed by atoms with Crippen LogP contribution in [0.1, 0.15) is 6.42 Å². The van der Waals surface area contributed by atoms with Gasteiger partial charge in [0.1, 0.15) is 0 Å². The van der Waals surface area contributed by atoms with Crippen LogP contribution in [0.2, 0.25) is 0 Å². The van der Waals surface area contributed by atoms with E-state index >= 15 is 0 Å². The smallest absolute Gasteiger partial charge is 0.299 e. The zero-order chi connectivity index (χ0) is 7.82. The molecule has 0 bridgehead atoms. The molecule has 0 heterocycles. The third-order valence-corrected chi connectivity index (χ3v) is 0.792. The lowest BCUT2D eigenvalue weighted by atomic mass is 10.4. The zero-order valence-corrected chi connectivity index (χ0v) is 5.33. The van der Waals surface area contributed by atoms with Gasteiger partial charge in [-0.15, -0.1) is 4.91 Å². The highest BCUT2D eigenvalue weighted by molar-refractivity contribution is 5.78. The van der Waals surface area contributed by atoms with Crippen molar-refractivity contribution in [1.82, 2.24) is 5.32 Å². The Kier molecular flexibility index (Phi) is 5.10. The molecule has 0 aromatic rings. The molecule has 1 N–H and O–H groups in total. The Morgan fingerprint density at radius 2 is 2.40 bits per heavy atom. The van der Waals surface area contributed by atoms with Crippen LogP contribution in [-0.4, -0.2) is 19.0 Å². The number of hydrogen-bond acceptors (Lipinski definition) is 4. The molecule has 0 saturated heterocycles. The van der Waals surface area contributed by atoms with Crippen molar-refractivity contribution in [3.05, 3.63) is 4.91 Å². The lowest BCUT2D eigenvalue weighted by molar-refractivity contribution is -0.117. The molecule has 0 spiro atoms. The van der Waals surface area contributed by atoms with Gasteiger partial charge in [-0.05, 0) is 0 Å². The van der Waals surface area contributed by atoms with Gasteiger partial charge < -0.3 is 5.32 Å². The van der Waals surface area contributed by atoms with Gasteiger partial charge in [0.15, 0.2) is 0 Å². The van der Waals surface area contributed by atoms with E-state index in [4.69, 9.17) is 5.26 Å². The molecule has 0 unspecified atom stereocenters. The minimum absolute atomic E-state index is 0.0782. The summed E-state index contributed by atoms with van der Waals surface area (Å²) in [5.74, 6) is -0.738. The van der Waals surface area contributed by atoms with Crippen LogP contribution in [0.25, 0.3) is 0 Å². The largest absolute Gasteiger partial charge is 0.307 e. The lowest BCUT2D eigenvalue weighted by Crippen LogP contribution is -2.22. The van der Waals surface area contributed by atoms with Crippen LogP contribution < -0.4 is 5.32 Å². The molecule has 0 aliphatic heterocycles. The fourth-order valence-electron chi connectivity index (χ4n) is 0.372. The Labute approximate surface area is 58.0 Å². The van der Waals surface area contributed by atoms with Crippen molar-refractivity contribution in [3.8, 4) is 6.07 Å². The van der Waals surface area contributed by atoms with E-state index in [0.717, 1.165) is 0 Å². The number of rotatable bonds is 4. The second-order valence-electron chi connectivity index (χ2n) is 1.57. The third kappa shape index (κ3) is 4.87. The Hall–Kier alpha value is -1.28. The molecule has 5 heteroatoms. The van der Waals surface area contributed by atoms with Gasteiger partial charge in [-0.25, -0.2) is 0 Å². The first-order chi connectivity index (χ1) is 4.81. The molecule has 54 valence electrons. The van der Waals surface area contributed by atoms with Gasteiger partial charge in [0.2, 0.25) is 0 Å². The molecule has 0 rings (SSSR count). The second kappa shape index (κ2) is 5.85. The summed E-state index contributed by atoms with van der Waals surface area (Å²) in [5.41, 5.74) is 0. The van der Waals surface area contributed by atoms with Gasteiger partial charge >= 0.3 is 0 Å². The molecule has 0 radical (unpaired) electrons. The second-order valence-corrected chi connectivity index (χ2v) is 1.57. The van der Waals surface area contributed by atoms with Crippen molar-refractivity contribution >= 4 is 5.91 Å². The van der Waals surface area contributed by atoms with E-state index in [2.05, 4.69) is 10.5 Å². The van der Waals surface area contributed by atoms with Gasteiger partial charge in [-0.3, -0.25) is 4.79 Å². The number of nitriles is 1. The standard InChI is InChI=1S/C5H7N3O2/c6-2-1-3-7-4-5(9)8-10/h7H,1,3-4H2. The van der Waals surface area contributed by atoms with Gasteiger partial charge in [0.05, 0.1) is 12.6 Å². The molecule has 10 heavy (non-hydrogen) atoms. The van der Waals surface area contributed by atoms with E-state index in [1.807, 2.05) is 6.07 Å². The highest BCUT2D eigenvalue weighted by atomic mass is 16.3. The molecule has 1 amide bonds. The van der Waals surface area contributed by atoms with Gasteiger partial charge in [-0.1, -0.05) is 0 Å². The number of nitrogens with one attached hydrogen (secondary N) is 1. The SMILES string of the molecule is N#CCCNCC(=O)N=O. The Morgan fingerprint density at radius 3 is 2.90 bits per heavy atom. The van der Waals surface area contributed by atoms with Crippen LogP contribution >= 0.6 is 0 Å². The van der Waals surface area contributed by atoms with E-state index in [1.165, 1.54) is 0 Å².